The van der Waals surface area contributed by atoms with Crippen molar-refractivity contribution in [2.24, 2.45) is 5.92 Å². The van der Waals surface area contributed by atoms with Crippen LogP contribution >= 0.6 is 0 Å². The first-order valence-electron chi connectivity index (χ1n) is 8.02. The van der Waals surface area contributed by atoms with Crippen LogP contribution in [0.15, 0.2) is 34.7 Å². The van der Waals surface area contributed by atoms with Gasteiger partial charge in [0.25, 0.3) is 11.8 Å². The van der Waals surface area contributed by atoms with E-state index in [-0.39, 0.29) is 11.8 Å². The van der Waals surface area contributed by atoms with Crippen LogP contribution in [0.3, 0.4) is 0 Å². The molecule has 1 heterocycles. The first-order chi connectivity index (χ1) is 11.9. The zero-order valence-corrected chi connectivity index (χ0v) is 14.0. The molecule has 25 heavy (non-hydrogen) atoms. The molecule has 0 saturated heterocycles. The highest BCUT2D eigenvalue weighted by Gasteiger charge is 2.29. The number of nitrogens with one attached hydrogen (secondary N) is 3. The largest absolute Gasteiger partial charge is 0.466 e. The highest BCUT2D eigenvalue weighted by Crippen LogP contribution is 2.30. The smallest absolute Gasteiger partial charge is 0.273 e. The highest BCUT2D eigenvalue weighted by atomic mass is 16.3. The molecule has 0 aliphatic heterocycles. The van der Waals surface area contributed by atoms with Crippen molar-refractivity contribution in [2.75, 3.05) is 5.32 Å². The van der Waals surface area contributed by atoms with Gasteiger partial charge in [-0.3, -0.25) is 25.2 Å². The number of carbonyl (C=O) groups excluding carboxylic acids is 3. The van der Waals surface area contributed by atoms with Crippen LogP contribution in [0.25, 0.3) is 0 Å². The SMILES string of the molecule is Cc1cc(C(=O)NNC(=O)c2cccc(NC(=O)C3CC3)c2)c(C)o1. The van der Waals surface area contributed by atoms with E-state index < -0.39 is 11.8 Å². The van der Waals surface area contributed by atoms with Gasteiger partial charge in [0.05, 0.1) is 5.56 Å². The first kappa shape index (κ1) is 16.8. The van der Waals surface area contributed by atoms with Gasteiger partial charge >= 0.3 is 0 Å². The number of amides is 3. The number of furan rings is 1. The maximum absolute atomic E-state index is 12.2. The Kier molecular flexibility index (Phi) is 4.56. The van der Waals surface area contributed by atoms with Gasteiger partial charge in [0.15, 0.2) is 0 Å². The minimum absolute atomic E-state index is 0.0309. The van der Waals surface area contributed by atoms with E-state index in [0.717, 1.165) is 12.8 Å². The lowest BCUT2D eigenvalue weighted by Crippen LogP contribution is -2.41. The molecule has 7 nitrogen and oxygen atoms in total. The van der Waals surface area contributed by atoms with Crippen molar-refractivity contribution >= 4 is 23.4 Å². The topological polar surface area (TPSA) is 100 Å². The minimum Gasteiger partial charge on any atom is -0.466 e. The Balaban J connectivity index is 1.60. The molecule has 2 aromatic rings. The minimum atomic E-state index is -0.478. The average Bonchev–Trinajstić information content (AvgIpc) is 3.37. The van der Waals surface area contributed by atoms with E-state index in [2.05, 4.69) is 16.2 Å². The van der Waals surface area contributed by atoms with Gasteiger partial charge in [-0.2, -0.15) is 0 Å². The lowest BCUT2D eigenvalue weighted by Gasteiger charge is -2.09. The van der Waals surface area contributed by atoms with Gasteiger partial charge in [-0.05, 0) is 51.0 Å². The summed E-state index contributed by atoms with van der Waals surface area (Å²) in [6.07, 6.45) is 1.82. The van der Waals surface area contributed by atoms with E-state index >= 15 is 0 Å². The van der Waals surface area contributed by atoms with Gasteiger partial charge < -0.3 is 9.73 Å². The molecule has 0 radical (unpaired) electrons. The zero-order valence-electron chi connectivity index (χ0n) is 14.0. The molecule has 3 N–H and O–H groups in total. The molecule has 130 valence electrons. The molecule has 0 bridgehead atoms. The van der Waals surface area contributed by atoms with E-state index in [0.29, 0.717) is 28.3 Å². The Morgan fingerprint density at radius 1 is 1.04 bits per heavy atom. The molecule has 3 amide bonds. The van der Waals surface area contributed by atoms with Crippen LogP contribution < -0.4 is 16.2 Å². The summed E-state index contributed by atoms with van der Waals surface area (Å²) in [5.41, 5.74) is 5.96. The van der Waals surface area contributed by atoms with Gasteiger partial charge in [0, 0.05) is 17.2 Å². The van der Waals surface area contributed by atoms with Crippen molar-refractivity contribution in [3.8, 4) is 0 Å². The summed E-state index contributed by atoms with van der Waals surface area (Å²) in [5.74, 6) is 0.215. The number of hydrazine groups is 1. The van der Waals surface area contributed by atoms with Crippen molar-refractivity contribution < 1.29 is 18.8 Å². The molecule has 1 fully saturated rings. The second kappa shape index (κ2) is 6.80. The van der Waals surface area contributed by atoms with E-state index in [1.807, 2.05) is 0 Å². The lowest BCUT2D eigenvalue weighted by molar-refractivity contribution is -0.117. The maximum Gasteiger partial charge on any atom is 0.273 e. The molecule has 1 aliphatic carbocycles. The van der Waals surface area contributed by atoms with Crippen molar-refractivity contribution in [1.29, 1.82) is 0 Å². The normalized spacial score (nSPS) is 13.2. The van der Waals surface area contributed by atoms with E-state index in [9.17, 15) is 14.4 Å². The van der Waals surface area contributed by atoms with E-state index in [4.69, 9.17) is 4.42 Å². The van der Waals surface area contributed by atoms with Crippen LogP contribution in [-0.2, 0) is 4.79 Å². The summed E-state index contributed by atoms with van der Waals surface area (Å²) >= 11 is 0. The third-order valence-corrected chi connectivity index (χ3v) is 3.92. The molecule has 3 rings (SSSR count). The quantitative estimate of drug-likeness (QED) is 0.743. The number of rotatable bonds is 4. The van der Waals surface area contributed by atoms with Crippen molar-refractivity contribution in [3.63, 3.8) is 0 Å². The Hall–Kier alpha value is -3.09. The molecular weight excluding hydrogens is 322 g/mol. The molecule has 7 heteroatoms. The molecular formula is C18H19N3O4. The predicted octanol–water partition coefficient (Wildman–Crippen LogP) is 2.32. The fourth-order valence-electron chi connectivity index (χ4n) is 2.44. The fourth-order valence-corrected chi connectivity index (χ4v) is 2.44. The van der Waals surface area contributed by atoms with Crippen molar-refractivity contribution in [3.05, 3.63) is 53.0 Å². The predicted molar refractivity (Wildman–Crippen MR) is 90.9 cm³/mol. The number of carbonyl (C=O) groups is 3. The van der Waals surface area contributed by atoms with Gasteiger partial charge in [0.1, 0.15) is 11.5 Å². The van der Waals surface area contributed by atoms with Gasteiger partial charge in [0.2, 0.25) is 5.91 Å². The van der Waals surface area contributed by atoms with E-state index in [1.165, 1.54) is 0 Å². The second-order valence-electron chi connectivity index (χ2n) is 6.08. The standard InChI is InChI=1S/C18H19N3O4/c1-10-8-15(11(2)25-10)18(24)21-20-17(23)13-4-3-5-14(9-13)19-16(22)12-6-7-12/h3-5,8-9,12H,6-7H2,1-2H3,(H,19,22)(H,20,23)(H,21,24). The van der Waals surface area contributed by atoms with Crippen LogP contribution in [0, 0.1) is 19.8 Å². The average molecular weight is 341 g/mol. The third kappa shape index (κ3) is 4.06. The molecule has 0 spiro atoms. The van der Waals surface area contributed by atoms with Crippen LogP contribution in [0.2, 0.25) is 0 Å². The summed E-state index contributed by atoms with van der Waals surface area (Å²) in [6, 6.07) is 8.15. The third-order valence-electron chi connectivity index (χ3n) is 3.92. The summed E-state index contributed by atoms with van der Waals surface area (Å²) in [7, 11) is 0. The Morgan fingerprint density at radius 2 is 1.76 bits per heavy atom. The number of benzene rings is 1. The van der Waals surface area contributed by atoms with Gasteiger partial charge in [-0.1, -0.05) is 6.07 Å². The molecule has 1 aliphatic rings. The molecule has 1 aromatic heterocycles. The Bertz CT molecular complexity index is 837. The summed E-state index contributed by atoms with van der Waals surface area (Å²) in [4.78, 5) is 36.0. The maximum atomic E-state index is 12.2. The fraction of sp³-hybridized carbons (Fsp3) is 0.278. The first-order valence-corrected chi connectivity index (χ1v) is 8.02. The molecule has 1 aromatic carbocycles. The number of hydrogen-bond acceptors (Lipinski definition) is 4. The van der Waals surface area contributed by atoms with Crippen LogP contribution in [0.1, 0.15) is 45.1 Å². The van der Waals surface area contributed by atoms with Gasteiger partial charge in [-0.25, -0.2) is 0 Å². The monoisotopic (exact) mass is 341 g/mol. The highest BCUT2D eigenvalue weighted by molar-refractivity contribution is 6.01. The van der Waals surface area contributed by atoms with Crippen molar-refractivity contribution in [1.82, 2.24) is 10.9 Å². The van der Waals surface area contributed by atoms with E-state index in [1.54, 1.807) is 44.2 Å². The zero-order chi connectivity index (χ0) is 18.0. The second-order valence-corrected chi connectivity index (χ2v) is 6.08. The van der Waals surface area contributed by atoms with Gasteiger partial charge in [-0.15, -0.1) is 0 Å². The number of aryl methyl sites for hydroxylation is 2. The summed E-state index contributed by atoms with van der Waals surface area (Å²) in [6.45, 7) is 3.42. The molecule has 0 atom stereocenters. The summed E-state index contributed by atoms with van der Waals surface area (Å²) in [5, 5.41) is 2.78. The molecule has 1 saturated carbocycles. The number of hydrogen-bond donors (Lipinski definition) is 3. The summed E-state index contributed by atoms with van der Waals surface area (Å²) < 4.78 is 5.29. The Labute approximate surface area is 144 Å². The number of anilines is 1. The molecule has 0 unspecified atom stereocenters. The van der Waals surface area contributed by atoms with Crippen LogP contribution in [0.4, 0.5) is 5.69 Å². The lowest BCUT2D eigenvalue weighted by atomic mass is 10.2. The Morgan fingerprint density at radius 3 is 2.40 bits per heavy atom. The van der Waals surface area contributed by atoms with Crippen LogP contribution in [-0.4, -0.2) is 17.7 Å². The van der Waals surface area contributed by atoms with Crippen LogP contribution in [0.5, 0.6) is 0 Å². The van der Waals surface area contributed by atoms with Crippen molar-refractivity contribution in [2.45, 2.75) is 26.7 Å².